The molecule has 2 aromatic rings. The summed E-state index contributed by atoms with van der Waals surface area (Å²) in [5, 5.41) is 11.8. The van der Waals surface area contributed by atoms with E-state index < -0.39 is 0 Å². The number of hydrogen-bond donors (Lipinski definition) is 1. The minimum Gasteiger partial charge on any atom is -0.380 e. The van der Waals surface area contributed by atoms with E-state index in [2.05, 4.69) is 24.4 Å². The highest BCUT2D eigenvalue weighted by Crippen LogP contribution is 2.20. The molecule has 0 saturated heterocycles. The minimum atomic E-state index is -0.381. The largest absolute Gasteiger partial charge is 0.380 e. The van der Waals surface area contributed by atoms with E-state index in [0.717, 1.165) is 6.42 Å². The van der Waals surface area contributed by atoms with Crippen molar-refractivity contribution in [2.75, 3.05) is 5.32 Å². The van der Waals surface area contributed by atoms with Crippen molar-refractivity contribution in [2.24, 2.45) is 0 Å². The smallest absolute Gasteiger partial charge is 0.147 e. The third kappa shape index (κ3) is 3.55. The second-order valence-electron chi connectivity index (χ2n) is 4.57. The van der Waals surface area contributed by atoms with Gasteiger partial charge in [-0.05, 0) is 44.2 Å². The topological polar surface area (TPSA) is 35.8 Å². The molecule has 98 valence electrons. The monoisotopic (exact) mass is 274 g/mol. The zero-order valence-electron chi connectivity index (χ0n) is 10.9. The molecular weight excluding hydrogens is 259 g/mol. The Labute approximate surface area is 116 Å². The Morgan fingerprint density at radius 2 is 2.16 bits per heavy atom. The van der Waals surface area contributed by atoms with Gasteiger partial charge in [0.1, 0.15) is 5.82 Å². The van der Waals surface area contributed by atoms with Crippen molar-refractivity contribution in [1.29, 1.82) is 5.26 Å². The molecule has 1 aromatic carbocycles. The summed E-state index contributed by atoms with van der Waals surface area (Å²) in [6, 6.07) is 10.7. The Kier molecular flexibility index (Phi) is 4.18. The van der Waals surface area contributed by atoms with E-state index in [4.69, 9.17) is 5.26 Å². The summed E-state index contributed by atoms with van der Waals surface area (Å²) in [4.78, 5) is 2.57. The highest BCUT2D eigenvalue weighted by atomic mass is 32.1. The number of nitriles is 1. The maximum absolute atomic E-state index is 13.7. The second kappa shape index (κ2) is 5.85. The first-order valence-corrected chi connectivity index (χ1v) is 6.91. The lowest BCUT2D eigenvalue weighted by atomic mass is 10.1. The van der Waals surface area contributed by atoms with Crippen molar-refractivity contribution in [3.63, 3.8) is 0 Å². The first-order chi connectivity index (χ1) is 9.08. The minimum absolute atomic E-state index is 0.139. The summed E-state index contributed by atoms with van der Waals surface area (Å²) >= 11 is 1.76. The van der Waals surface area contributed by atoms with Gasteiger partial charge in [0.15, 0.2) is 0 Å². The molecule has 0 saturated carbocycles. The number of nitrogens with one attached hydrogen (secondary N) is 1. The van der Waals surface area contributed by atoms with Crippen LogP contribution in [0.15, 0.2) is 30.3 Å². The molecule has 0 bridgehead atoms. The SMILES string of the molecule is Cc1ccc(CC(C)Nc2ccc(C#N)cc2F)s1. The second-order valence-corrected chi connectivity index (χ2v) is 5.94. The molecule has 4 heteroatoms. The van der Waals surface area contributed by atoms with E-state index in [1.54, 1.807) is 23.5 Å². The van der Waals surface area contributed by atoms with Crippen LogP contribution in [0.4, 0.5) is 10.1 Å². The lowest BCUT2D eigenvalue weighted by Crippen LogP contribution is -2.18. The fraction of sp³-hybridized carbons (Fsp3) is 0.267. The van der Waals surface area contributed by atoms with E-state index in [-0.39, 0.29) is 11.9 Å². The van der Waals surface area contributed by atoms with Crippen LogP contribution < -0.4 is 5.32 Å². The van der Waals surface area contributed by atoms with E-state index in [0.29, 0.717) is 11.3 Å². The Hall–Kier alpha value is -1.86. The Morgan fingerprint density at radius 3 is 2.74 bits per heavy atom. The van der Waals surface area contributed by atoms with Crippen LogP contribution in [0.1, 0.15) is 22.2 Å². The van der Waals surface area contributed by atoms with E-state index in [1.165, 1.54) is 15.8 Å². The normalized spacial score (nSPS) is 11.9. The van der Waals surface area contributed by atoms with Crippen LogP contribution in [0, 0.1) is 24.1 Å². The molecule has 2 rings (SSSR count). The molecule has 2 nitrogen and oxygen atoms in total. The van der Waals surface area contributed by atoms with Gasteiger partial charge in [-0.3, -0.25) is 0 Å². The summed E-state index contributed by atoms with van der Waals surface area (Å²) < 4.78 is 13.7. The number of aryl methyl sites for hydroxylation is 1. The van der Waals surface area contributed by atoms with E-state index in [9.17, 15) is 4.39 Å². The molecule has 0 aliphatic heterocycles. The molecule has 1 unspecified atom stereocenters. The predicted molar refractivity (Wildman–Crippen MR) is 77.0 cm³/mol. The average molecular weight is 274 g/mol. The molecule has 1 N–H and O–H groups in total. The Balaban J connectivity index is 2.03. The van der Waals surface area contributed by atoms with Crippen LogP contribution in [0.2, 0.25) is 0 Å². The van der Waals surface area contributed by atoms with Crippen molar-refractivity contribution in [1.82, 2.24) is 0 Å². The van der Waals surface area contributed by atoms with E-state index in [1.807, 2.05) is 13.0 Å². The van der Waals surface area contributed by atoms with Crippen LogP contribution in [-0.4, -0.2) is 6.04 Å². The maximum atomic E-state index is 13.7. The molecule has 1 heterocycles. The predicted octanol–water partition coefficient (Wildman–Crippen LogP) is 4.11. The standard InChI is InChI=1S/C15H15FN2S/c1-10(7-13-5-3-11(2)19-13)18-15-6-4-12(9-17)8-14(15)16/h3-6,8,10,18H,7H2,1-2H3. The molecule has 19 heavy (non-hydrogen) atoms. The van der Waals surface area contributed by atoms with Crippen molar-refractivity contribution in [3.05, 3.63) is 51.5 Å². The quantitative estimate of drug-likeness (QED) is 0.910. The molecular formula is C15H15FN2S. The van der Waals surface area contributed by atoms with Crippen LogP contribution >= 0.6 is 11.3 Å². The molecule has 1 atom stereocenters. The molecule has 0 radical (unpaired) electrons. The van der Waals surface area contributed by atoms with Crippen molar-refractivity contribution >= 4 is 17.0 Å². The number of halogens is 1. The van der Waals surface area contributed by atoms with E-state index >= 15 is 0 Å². The molecule has 0 aliphatic carbocycles. The van der Waals surface area contributed by atoms with Gasteiger partial charge >= 0.3 is 0 Å². The van der Waals surface area contributed by atoms with Crippen LogP contribution in [0.25, 0.3) is 0 Å². The number of anilines is 1. The highest BCUT2D eigenvalue weighted by Gasteiger charge is 2.09. The molecule has 1 aromatic heterocycles. The molecule has 0 aliphatic rings. The number of nitrogens with zero attached hydrogens (tertiary/aromatic N) is 1. The summed E-state index contributed by atoms with van der Waals surface area (Å²) in [5.41, 5.74) is 0.782. The van der Waals surface area contributed by atoms with Gasteiger partial charge in [0.05, 0.1) is 17.3 Å². The van der Waals surface area contributed by atoms with Crippen molar-refractivity contribution in [3.8, 4) is 6.07 Å². The number of thiophene rings is 1. The van der Waals surface area contributed by atoms with Gasteiger partial charge in [-0.2, -0.15) is 5.26 Å². The molecule has 0 fully saturated rings. The Bertz CT molecular complexity index is 613. The van der Waals surface area contributed by atoms with Crippen molar-refractivity contribution in [2.45, 2.75) is 26.3 Å². The van der Waals surface area contributed by atoms with Crippen molar-refractivity contribution < 1.29 is 4.39 Å². The van der Waals surface area contributed by atoms with Gasteiger partial charge in [-0.25, -0.2) is 4.39 Å². The fourth-order valence-electron chi connectivity index (χ4n) is 1.91. The molecule has 0 amide bonds. The van der Waals surface area contributed by atoms with Crippen LogP contribution in [-0.2, 0) is 6.42 Å². The molecule has 0 spiro atoms. The number of hydrogen-bond acceptors (Lipinski definition) is 3. The van der Waals surface area contributed by atoms with Gasteiger partial charge in [0.2, 0.25) is 0 Å². The first-order valence-electron chi connectivity index (χ1n) is 6.10. The summed E-state index contributed by atoms with van der Waals surface area (Å²) in [6.45, 7) is 4.10. The van der Waals surface area contributed by atoms with Crippen LogP contribution in [0.5, 0.6) is 0 Å². The Morgan fingerprint density at radius 1 is 1.37 bits per heavy atom. The average Bonchev–Trinajstić information content (AvgIpc) is 2.77. The zero-order chi connectivity index (χ0) is 13.8. The lowest BCUT2D eigenvalue weighted by molar-refractivity contribution is 0.625. The lowest BCUT2D eigenvalue weighted by Gasteiger charge is -2.15. The number of rotatable bonds is 4. The third-order valence-corrected chi connectivity index (χ3v) is 3.83. The fourth-order valence-corrected chi connectivity index (χ4v) is 2.93. The summed E-state index contributed by atoms with van der Waals surface area (Å²) in [5.74, 6) is -0.381. The highest BCUT2D eigenvalue weighted by molar-refractivity contribution is 7.11. The number of benzene rings is 1. The van der Waals surface area contributed by atoms with Gasteiger partial charge in [0, 0.05) is 22.2 Å². The first kappa shape index (κ1) is 13.6. The summed E-state index contributed by atoms with van der Waals surface area (Å²) in [7, 11) is 0. The van der Waals surface area contributed by atoms with Gasteiger partial charge in [0.25, 0.3) is 0 Å². The zero-order valence-corrected chi connectivity index (χ0v) is 11.7. The maximum Gasteiger partial charge on any atom is 0.147 e. The van der Waals surface area contributed by atoms with Crippen LogP contribution in [0.3, 0.4) is 0 Å². The summed E-state index contributed by atoms with van der Waals surface area (Å²) in [6.07, 6.45) is 0.859. The van der Waals surface area contributed by atoms with Gasteiger partial charge in [-0.15, -0.1) is 11.3 Å². The third-order valence-electron chi connectivity index (χ3n) is 2.80. The van der Waals surface area contributed by atoms with Gasteiger partial charge in [-0.1, -0.05) is 0 Å². The van der Waals surface area contributed by atoms with Gasteiger partial charge < -0.3 is 5.32 Å².